The first-order valence-electron chi connectivity index (χ1n) is 8.45. The monoisotopic (exact) mass is 394 g/mol. The fraction of sp³-hybridized carbons (Fsp3) is 0.500. The Bertz CT molecular complexity index is 883. The lowest BCUT2D eigenvalue weighted by atomic mass is 10.1. The van der Waals surface area contributed by atoms with Crippen molar-refractivity contribution in [3.63, 3.8) is 0 Å². The number of sulfonamides is 1. The van der Waals surface area contributed by atoms with Crippen LogP contribution in [0, 0.1) is 5.92 Å². The smallest absolute Gasteiger partial charge is 0.243 e. The van der Waals surface area contributed by atoms with Gasteiger partial charge in [-0.05, 0) is 5.21 Å². The molecule has 11 heteroatoms. The maximum absolute atomic E-state index is 12.3. The van der Waals surface area contributed by atoms with Gasteiger partial charge in [-0.25, -0.2) is 12.7 Å². The lowest BCUT2D eigenvalue weighted by Crippen LogP contribution is -2.44. The van der Waals surface area contributed by atoms with Crippen molar-refractivity contribution in [2.45, 2.75) is 12.6 Å². The largest absolute Gasteiger partial charge is 0.379 e. The average Bonchev–Trinajstić information content (AvgIpc) is 3.25. The molecule has 1 aliphatic rings. The highest BCUT2D eigenvalue weighted by Gasteiger charge is 2.34. The number of hydrogen-bond acceptors (Lipinski definition) is 7. The molecular weight excluding hydrogens is 372 g/mol. The second-order valence-corrected chi connectivity index (χ2v) is 8.77. The highest BCUT2D eigenvalue weighted by atomic mass is 32.2. The minimum atomic E-state index is -3.37. The molecule has 1 N–H and O–H groups in total. The van der Waals surface area contributed by atoms with Gasteiger partial charge in [0.15, 0.2) is 0 Å². The van der Waals surface area contributed by atoms with Gasteiger partial charge in [-0.15, -0.1) is 10.2 Å². The molecule has 1 aliphatic heterocycles. The van der Waals surface area contributed by atoms with Crippen LogP contribution in [0.2, 0.25) is 0 Å². The van der Waals surface area contributed by atoms with Crippen LogP contribution in [-0.4, -0.2) is 77.9 Å². The molecule has 2 atom stereocenters. The summed E-state index contributed by atoms with van der Waals surface area (Å²) >= 11 is 0. The summed E-state index contributed by atoms with van der Waals surface area (Å²) in [5.74, 6) is -0.271. The van der Waals surface area contributed by atoms with E-state index >= 15 is 0 Å². The summed E-state index contributed by atoms with van der Waals surface area (Å²) in [6.45, 7) is 0.459. The van der Waals surface area contributed by atoms with Crippen LogP contribution < -0.4 is 5.32 Å². The Labute approximate surface area is 157 Å². The lowest BCUT2D eigenvalue weighted by molar-refractivity contribution is -0.123. The van der Waals surface area contributed by atoms with Crippen molar-refractivity contribution in [3.8, 4) is 11.4 Å². The highest BCUT2D eigenvalue weighted by molar-refractivity contribution is 7.89. The lowest BCUT2D eigenvalue weighted by Gasteiger charge is -2.20. The number of carbonyl (C=O) groups is 1. The SMILES string of the molecule is CN(C)S(=O)(=O)C[C@@H]1COC[C@H]1NC(=O)Cn1nnc(-c2ccccc2)n1. The van der Waals surface area contributed by atoms with Gasteiger partial charge in [0.05, 0.1) is 25.0 Å². The molecule has 1 saturated heterocycles. The van der Waals surface area contributed by atoms with Crippen LogP contribution >= 0.6 is 0 Å². The van der Waals surface area contributed by atoms with Crippen LogP contribution in [0.15, 0.2) is 30.3 Å². The van der Waals surface area contributed by atoms with Crippen molar-refractivity contribution < 1.29 is 17.9 Å². The molecule has 1 amide bonds. The van der Waals surface area contributed by atoms with Gasteiger partial charge in [0.2, 0.25) is 21.8 Å². The van der Waals surface area contributed by atoms with Gasteiger partial charge < -0.3 is 10.1 Å². The Morgan fingerprint density at radius 3 is 2.74 bits per heavy atom. The molecule has 1 fully saturated rings. The van der Waals surface area contributed by atoms with E-state index in [-0.39, 0.29) is 43.4 Å². The number of aromatic nitrogens is 4. The maximum atomic E-state index is 12.3. The van der Waals surface area contributed by atoms with E-state index in [0.717, 1.165) is 5.56 Å². The number of hydrogen-bond donors (Lipinski definition) is 1. The first-order chi connectivity index (χ1) is 12.8. The number of benzene rings is 1. The molecule has 0 unspecified atom stereocenters. The Kier molecular flexibility index (Phi) is 5.82. The second kappa shape index (κ2) is 8.11. The summed E-state index contributed by atoms with van der Waals surface area (Å²) in [4.78, 5) is 13.5. The van der Waals surface area contributed by atoms with Crippen LogP contribution in [-0.2, 0) is 26.1 Å². The molecule has 0 radical (unpaired) electrons. The third-order valence-electron chi connectivity index (χ3n) is 4.30. The van der Waals surface area contributed by atoms with Gasteiger partial charge in [0.25, 0.3) is 0 Å². The molecular formula is C16H22N6O4S. The number of rotatable bonds is 7. The van der Waals surface area contributed by atoms with Gasteiger partial charge in [-0.1, -0.05) is 30.3 Å². The number of nitrogens with one attached hydrogen (secondary N) is 1. The van der Waals surface area contributed by atoms with E-state index in [1.165, 1.54) is 23.2 Å². The number of tetrazole rings is 1. The van der Waals surface area contributed by atoms with Gasteiger partial charge in [0.1, 0.15) is 6.54 Å². The summed E-state index contributed by atoms with van der Waals surface area (Å²) in [6.07, 6.45) is 0. The fourth-order valence-electron chi connectivity index (χ4n) is 2.74. The van der Waals surface area contributed by atoms with Crippen molar-refractivity contribution in [1.82, 2.24) is 29.8 Å². The van der Waals surface area contributed by atoms with E-state index in [1.54, 1.807) is 0 Å². The van der Waals surface area contributed by atoms with Crippen LogP contribution in [0.5, 0.6) is 0 Å². The van der Waals surface area contributed by atoms with Crippen molar-refractivity contribution in [3.05, 3.63) is 30.3 Å². The first kappa shape index (κ1) is 19.4. The van der Waals surface area contributed by atoms with Gasteiger partial charge >= 0.3 is 0 Å². The van der Waals surface area contributed by atoms with Gasteiger partial charge in [-0.2, -0.15) is 4.80 Å². The predicted octanol–water partition coefficient (Wildman–Crippen LogP) is -0.637. The summed E-state index contributed by atoms with van der Waals surface area (Å²) in [6, 6.07) is 8.96. The molecule has 0 bridgehead atoms. The van der Waals surface area contributed by atoms with Crippen LogP contribution in [0.4, 0.5) is 0 Å². The number of ether oxygens (including phenoxy) is 1. The summed E-state index contributed by atoms with van der Waals surface area (Å²) in [5, 5.41) is 14.8. The molecule has 2 aromatic rings. The van der Waals surface area contributed by atoms with E-state index in [1.807, 2.05) is 30.3 Å². The number of amides is 1. The summed E-state index contributed by atoms with van der Waals surface area (Å²) < 4.78 is 30.7. The van der Waals surface area contributed by atoms with E-state index in [0.29, 0.717) is 5.82 Å². The topological polar surface area (TPSA) is 119 Å². The van der Waals surface area contributed by atoms with E-state index < -0.39 is 10.0 Å². The van der Waals surface area contributed by atoms with Crippen LogP contribution in [0.25, 0.3) is 11.4 Å². The Hall–Kier alpha value is -2.37. The highest BCUT2D eigenvalue weighted by Crippen LogP contribution is 2.17. The first-order valence-corrected chi connectivity index (χ1v) is 10.1. The summed E-state index contributed by atoms with van der Waals surface area (Å²) in [7, 11) is -0.403. The van der Waals surface area contributed by atoms with Crippen LogP contribution in [0.3, 0.4) is 0 Å². The van der Waals surface area contributed by atoms with Crippen molar-refractivity contribution >= 4 is 15.9 Å². The second-order valence-electron chi connectivity index (χ2n) is 6.54. The molecule has 27 heavy (non-hydrogen) atoms. The van der Waals surface area contributed by atoms with Crippen molar-refractivity contribution in [2.24, 2.45) is 5.92 Å². The number of nitrogens with zero attached hydrogens (tertiary/aromatic N) is 5. The predicted molar refractivity (Wildman–Crippen MR) is 97.0 cm³/mol. The fourth-order valence-corrected chi connectivity index (χ4v) is 3.90. The average molecular weight is 394 g/mol. The van der Waals surface area contributed by atoms with Crippen molar-refractivity contribution in [2.75, 3.05) is 33.1 Å². The minimum absolute atomic E-state index is 0.0787. The molecule has 1 aromatic carbocycles. The molecule has 0 aliphatic carbocycles. The van der Waals surface area contributed by atoms with E-state index in [4.69, 9.17) is 4.74 Å². The zero-order valence-electron chi connectivity index (χ0n) is 15.1. The Balaban J connectivity index is 1.58. The third kappa shape index (κ3) is 4.87. The Morgan fingerprint density at radius 1 is 1.30 bits per heavy atom. The molecule has 10 nitrogen and oxygen atoms in total. The zero-order chi connectivity index (χ0) is 19.4. The molecule has 146 valence electrons. The zero-order valence-corrected chi connectivity index (χ0v) is 16.0. The Morgan fingerprint density at radius 2 is 2.04 bits per heavy atom. The van der Waals surface area contributed by atoms with E-state index in [9.17, 15) is 13.2 Å². The standard InChI is InChI=1S/C16H22N6O4S/c1-21(2)27(24,25)11-13-9-26-10-14(13)17-15(23)8-22-19-16(18-20-22)12-6-4-3-5-7-12/h3-7,13-14H,8-11H2,1-2H3,(H,17,23)/t13-,14+/m0/s1. The molecule has 2 heterocycles. The van der Waals surface area contributed by atoms with E-state index in [2.05, 4.69) is 20.7 Å². The minimum Gasteiger partial charge on any atom is -0.379 e. The number of carbonyl (C=O) groups excluding carboxylic acids is 1. The van der Waals surface area contributed by atoms with Crippen LogP contribution in [0.1, 0.15) is 0 Å². The maximum Gasteiger partial charge on any atom is 0.243 e. The molecule has 3 rings (SSSR count). The molecule has 1 aromatic heterocycles. The normalized spacial score (nSPS) is 20.1. The van der Waals surface area contributed by atoms with Gasteiger partial charge in [0, 0.05) is 25.6 Å². The van der Waals surface area contributed by atoms with Gasteiger partial charge in [-0.3, -0.25) is 4.79 Å². The van der Waals surface area contributed by atoms with Crippen molar-refractivity contribution in [1.29, 1.82) is 0 Å². The molecule has 0 spiro atoms. The quantitative estimate of drug-likeness (QED) is 0.663. The summed E-state index contributed by atoms with van der Waals surface area (Å²) in [5.41, 5.74) is 0.808. The third-order valence-corrected chi connectivity index (χ3v) is 6.26. The molecule has 0 saturated carbocycles.